The van der Waals surface area contributed by atoms with Crippen molar-refractivity contribution in [2.24, 2.45) is 0 Å². The van der Waals surface area contributed by atoms with Gasteiger partial charge >= 0.3 is 18.3 Å². The first kappa shape index (κ1) is 37.3. The Hall–Kier alpha value is -4.49. The molecule has 1 aromatic heterocycles. The topological polar surface area (TPSA) is 114 Å². The predicted octanol–water partition coefficient (Wildman–Crippen LogP) is 6.85. The zero-order chi connectivity index (χ0) is 36.6. The van der Waals surface area contributed by atoms with E-state index in [-0.39, 0.29) is 43.5 Å². The molecule has 262 valence electrons. The molecule has 1 fully saturated rings. The van der Waals surface area contributed by atoms with Crippen LogP contribution < -0.4 is 5.32 Å². The summed E-state index contributed by atoms with van der Waals surface area (Å²) in [6.45, 7) is 5.08. The molecule has 4 rings (SSSR count). The van der Waals surface area contributed by atoms with Gasteiger partial charge in [0.1, 0.15) is 17.9 Å². The fraction of sp³-hybridized carbons (Fsp3) is 0.394. The van der Waals surface area contributed by atoms with E-state index in [0.29, 0.717) is 33.0 Å². The van der Waals surface area contributed by atoms with Crippen molar-refractivity contribution in [3.8, 4) is 16.5 Å². The summed E-state index contributed by atoms with van der Waals surface area (Å²) >= 11 is 1.12. The summed E-state index contributed by atoms with van der Waals surface area (Å²) in [6, 6.07) is 5.83. The molecule has 0 aliphatic carbocycles. The molecule has 1 amide bonds. The van der Waals surface area contributed by atoms with E-state index in [0.717, 1.165) is 11.3 Å². The molecule has 3 aromatic rings. The number of nitriles is 1. The van der Waals surface area contributed by atoms with Gasteiger partial charge in [-0.05, 0) is 67.8 Å². The molecule has 1 atom stereocenters. The molecule has 0 saturated carbocycles. The highest BCUT2D eigenvalue weighted by molar-refractivity contribution is 7.16. The molecule has 2 aromatic carbocycles. The number of halogens is 7. The zero-order valence-electron chi connectivity index (χ0n) is 26.6. The third-order valence-electron chi connectivity index (χ3n) is 8.48. The Labute approximate surface area is 280 Å². The van der Waals surface area contributed by atoms with Crippen molar-refractivity contribution < 1.29 is 50.2 Å². The summed E-state index contributed by atoms with van der Waals surface area (Å²) < 4.78 is 95.4. The molecule has 8 nitrogen and oxygen atoms in total. The molecule has 2 heterocycles. The summed E-state index contributed by atoms with van der Waals surface area (Å²) in [4.78, 5) is 41.3. The highest BCUT2D eigenvalue weighted by atomic mass is 32.1. The van der Waals surface area contributed by atoms with Gasteiger partial charge in [-0.3, -0.25) is 14.5 Å². The molecule has 0 radical (unpaired) electrons. The number of benzene rings is 2. The highest BCUT2D eigenvalue weighted by Gasteiger charge is 2.40. The van der Waals surface area contributed by atoms with E-state index >= 15 is 0 Å². The van der Waals surface area contributed by atoms with Gasteiger partial charge in [-0.1, -0.05) is 6.07 Å². The predicted molar refractivity (Wildman–Crippen MR) is 166 cm³/mol. The minimum absolute atomic E-state index is 0.0235. The largest absolute Gasteiger partial charge is 0.480 e. The number of rotatable bonds is 9. The second-order valence-electron chi connectivity index (χ2n) is 12.2. The molecule has 16 heteroatoms. The third kappa shape index (κ3) is 8.05. The maximum atomic E-state index is 14.0. The van der Waals surface area contributed by atoms with Crippen LogP contribution in [0.5, 0.6) is 0 Å². The number of nitrogens with zero attached hydrogens (tertiary/aromatic N) is 3. The number of carbonyl (C=O) groups is 3. The lowest BCUT2D eigenvalue weighted by atomic mass is 9.79. The summed E-state index contributed by atoms with van der Waals surface area (Å²) in [5, 5.41) is 22.9. The van der Waals surface area contributed by atoms with Gasteiger partial charge in [0, 0.05) is 38.0 Å². The van der Waals surface area contributed by atoms with E-state index in [1.165, 1.54) is 43.9 Å². The summed E-state index contributed by atoms with van der Waals surface area (Å²) in [5.74, 6) is -2.94. The minimum atomic E-state index is -5.12. The highest BCUT2D eigenvalue weighted by Crippen LogP contribution is 2.44. The van der Waals surface area contributed by atoms with Gasteiger partial charge in [-0.15, -0.1) is 11.3 Å². The van der Waals surface area contributed by atoms with Crippen molar-refractivity contribution in [1.29, 1.82) is 5.26 Å². The quantitative estimate of drug-likeness (QED) is 0.234. The van der Waals surface area contributed by atoms with Crippen molar-refractivity contribution in [3.05, 3.63) is 74.9 Å². The van der Waals surface area contributed by atoms with Crippen LogP contribution in [0.2, 0.25) is 0 Å². The number of nitrogens with one attached hydrogen (secondary N) is 1. The Morgan fingerprint density at radius 1 is 1.00 bits per heavy atom. The van der Waals surface area contributed by atoms with Crippen LogP contribution in [-0.4, -0.2) is 64.8 Å². The molecule has 2 N–H and O–H groups in total. The molecule has 49 heavy (non-hydrogen) atoms. The van der Waals surface area contributed by atoms with E-state index < -0.39 is 70.5 Å². The maximum Gasteiger partial charge on any atom is 0.416 e. The van der Waals surface area contributed by atoms with Crippen LogP contribution in [0, 0.1) is 24.1 Å². The van der Waals surface area contributed by atoms with Crippen molar-refractivity contribution in [2.75, 3.05) is 31.5 Å². The molecular formula is C33H31F7N4O4S. The number of carbonyl (C=O) groups excluding carboxylic acids is 2. The average molecular weight is 713 g/mol. The number of alkyl halides is 6. The first-order valence-corrected chi connectivity index (χ1v) is 15.6. The normalized spacial score (nSPS) is 16.0. The summed E-state index contributed by atoms with van der Waals surface area (Å²) in [7, 11) is 0. The standard InChI is InChI=1S/C33H31F7N4O4S/c1-17-9-22(34)5-6-23(17)29-28(24(13-41)26(49-29)16-43-7-8-44(18(2)45)25(15-43)30(47)48)42-14-27(46)31(3,4)19-10-20(32(35,36)37)12-21(11-19)33(38,39)40/h5-6,9-12,25,42H,7-8,14-16H2,1-4H3,(H,47,48)/t25-/m1/s1. The first-order valence-electron chi connectivity index (χ1n) is 14.8. The van der Waals surface area contributed by atoms with E-state index in [4.69, 9.17) is 0 Å². The van der Waals surface area contributed by atoms with Gasteiger partial charge in [0.05, 0.1) is 39.2 Å². The maximum absolute atomic E-state index is 14.0. The Morgan fingerprint density at radius 2 is 1.59 bits per heavy atom. The van der Waals surface area contributed by atoms with Gasteiger partial charge < -0.3 is 15.3 Å². The summed E-state index contributed by atoms with van der Waals surface area (Å²) in [5.41, 5.74) is -4.34. The van der Waals surface area contributed by atoms with Gasteiger partial charge in [0.25, 0.3) is 0 Å². The smallest absolute Gasteiger partial charge is 0.416 e. The zero-order valence-corrected chi connectivity index (χ0v) is 27.5. The van der Waals surface area contributed by atoms with Crippen molar-refractivity contribution >= 4 is 34.7 Å². The Balaban J connectivity index is 1.72. The summed E-state index contributed by atoms with van der Waals surface area (Å²) in [6.07, 6.45) is -10.2. The number of hydrogen-bond donors (Lipinski definition) is 2. The molecule has 1 aliphatic heterocycles. The van der Waals surface area contributed by atoms with Crippen molar-refractivity contribution in [1.82, 2.24) is 9.80 Å². The third-order valence-corrected chi connectivity index (χ3v) is 9.69. The van der Waals surface area contributed by atoms with E-state index in [9.17, 15) is 55.5 Å². The number of aryl methyl sites for hydroxylation is 1. The molecule has 0 bridgehead atoms. The Kier molecular flexibility index (Phi) is 10.5. The van der Waals surface area contributed by atoms with Gasteiger partial charge in [-0.2, -0.15) is 31.6 Å². The number of ketones is 1. The number of anilines is 1. The molecule has 0 spiro atoms. The van der Waals surface area contributed by atoms with Crippen LogP contribution >= 0.6 is 11.3 Å². The second kappa shape index (κ2) is 13.8. The fourth-order valence-corrected chi connectivity index (χ4v) is 6.95. The lowest BCUT2D eigenvalue weighted by molar-refractivity contribution is -0.153. The van der Waals surface area contributed by atoms with Crippen molar-refractivity contribution in [2.45, 2.75) is 58.0 Å². The van der Waals surface area contributed by atoms with E-state index in [1.54, 1.807) is 11.8 Å². The lowest BCUT2D eigenvalue weighted by Crippen LogP contribution is -2.57. The van der Waals surface area contributed by atoms with Crippen LogP contribution in [0.1, 0.15) is 53.5 Å². The van der Waals surface area contributed by atoms with Crippen LogP contribution in [0.25, 0.3) is 10.4 Å². The monoisotopic (exact) mass is 712 g/mol. The van der Waals surface area contributed by atoms with Gasteiger partial charge in [0.15, 0.2) is 5.78 Å². The average Bonchev–Trinajstić information content (AvgIpc) is 3.34. The van der Waals surface area contributed by atoms with Crippen LogP contribution in [-0.2, 0) is 38.7 Å². The van der Waals surface area contributed by atoms with E-state index in [1.807, 2.05) is 0 Å². The number of piperazine rings is 1. The Bertz CT molecular complexity index is 1800. The van der Waals surface area contributed by atoms with Crippen LogP contribution in [0.3, 0.4) is 0 Å². The lowest BCUT2D eigenvalue weighted by Gasteiger charge is -2.38. The fourth-order valence-electron chi connectivity index (χ4n) is 5.59. The van der Waals surface area contributed by atoms with Crippen LogP contribution in [0.4, 0.5) is 36.4 Å². The molecule has 1 aliphatic rings. The number of carboxylic acids is 1. The SMILES string of the molecule is CC(=O)N1CCN(Cc2sc(-c3ccc(F)cc3C)c(NCC(=O)C(C)(C)c3cc(C(F)(F)F)cc(C(F)(F)F)c3)c2C#N)C[C@@H]1C(=O)O. The molecule has 1 saturated heterocycles. The number of thiophene rings is 1. The second-order valence-corrected chi connectivity index (χ2v) is 13.3. The van der Waals surface area contributed by atoms with Gasteiger partial charge in [-0.25, -0.2) is 9.18 Å². The number of carboxylic acid groups (broad SMARTS) is 1. The minimum Gasteiger partial charge on any atom is -0.480 e. The van der Waals surface area contributed by atoms with Crippen LogP contribution in [0.15, 0.2) is 36.4 Å². The molecular weight excluding hydrogens is 681 g/mol. The first-order chi connectivity index (χ1) is 22.6. The number of aliphatic carboxylic acids is 1. The Morgan fingerprint density at radius 3 is 2.10 bits per heavy atom. The number of Topliss-reactive ketones (excluding diaryl/α,β-unsaturated/α-hetero) is 1. The van der Waals surface area contributed by atoms with E-state index in [2.05, 4.69) is 11.4 Å². The molecule has 0 unspecified atom stereocenters. The van der Waals surface area contributed by atoms with Crippen molar-refractivity contribution in [3.63, 3.8) is 0 Å². The number of amides is 1. The number of hydrogen-bond acceptors (Lipinski definition) is 7. The van der Waals surface area contributed by atoms with Gasteiger partial charge in [0.2, 0.25) is 5.91 Å².